The highest BCUT2D eigenvalue weighted by molar-refractivity contribution is 5.92. The molecule has 3 nitrogen and oxygen atoms in total. The molecule has 1 heterocycles. The molecular weight excluding hydrogens is 226 g/mol. The van der Waals surface area contributed by atoms with Crippen LogP contribution >= 0.6 is 0 Å². The zero-order valence-electron chi connectivity index (χ0n) is 10.7. The van der Waals surface area contributed by atoms with Crippen molar-refractivity contribution in [1.29, 1.82) is 0 Å². The summed E-state index contributed by atoms with van der Waals surface area (Å²) in [6.45, 7) is 3.64. The number of carbonyl (C=O) groups is 1. The Bertz CT molecular complexity index is 430. The van der Waals surface area contributed by atoms with Gasteiger partial charge in [0, 0.05) is 31.7 Å². The molecule has 0 unspecified atom stereocenters. The van der Waals surface area contributed by atoms with Gasteiger partial charge < -0.3 is 10.0 Å². The van der Waals surface area contributed by atoms with Crippen molar-refractivity contribution in [2.75, 3.05) is 19.7 Å². The molecule has 1 fully saturated rings. The molecule has 18 heavy (non-hydrogen) atoms. The van der Waals surface area contributed by atoms with Crippen LogP contribution in [-0.4, -0.2) is 35.6 Å². The van der Waals surface area contributed by atoms with E-state index in [2.05, 4.69) is 19.1 Å². The molecule has 1 aliphatic rings. The number of nitrogens with zero attached hydrogens (tertiary/aromatic N) is 1. The summed E-state index contributed by atoms with van der Waals surface area (Å²) >= 11 is 0. The Morgan fingerprint density at radius 1 is 1.39 bits per heavy atom. The molecule has 0 spiro atoms. The topological polar surface area (TPSA) is 40.5 Å². The third kappa shape index (κ3) is 2.99. The molecule has 3 heteroatoms. The van der Waals surface area contributed by atoms with Crippen molar-refractivity contribution in [3.8, 4) is 0 Å². The van der Waals surface area contributed by atoms with Crippen LogP contribution in [0.2, 0.25) is 0 Å². The summed E-state index contributed by atoms with van der Waals surface area (Å²) in [7, 11) is 0. The Morgan fingerprint density at radius 2 is 2.06 bits per heavy atom. The maximum atomic E-state index is 11.7. The number of hydrogen-bond donors (Lipinski definition) is 1. The zero-order chi connectivity index (χ0) is 13.0. The van der Waals surface area contributed by atoms with E-state index in [0.717, 1.165) is 12.0 Å². The van der Waals surface area contributed by atoms with Gasteiger partial charge in [0.2, 0.25) is 5.91 Å². The Labute approximate surface area is 108 Å². The van der Waals surface area contributed by atoms with Crippen LogP contribution in [0, 0.1) is 5.92 Å². The number of carbonyl (C=O) groups excluding carboxylic acids is 1. The van der Waals surface area contributed by atoms with Crippen molar-refractivity contribution in [3.63, 3.8) is 0 Å². The quantitative estimate of drug-likeness (QED) is 0.820. The van der Waals surface area contributed by atoms with Gasteiger partial charge in [-0.05, 0) is 23.6 Å². The fraction of sp³-hybridized carbons (Fsp3) is 0.400. The SMILES string of the molecule is CCc1ccc(C=CC(=O)N2CC(CO)C2)cc1. The van der Waals surface area contributed by atoms with E-state index < -0.39 is 0 Å². The average molecular weight is 245 g/mol. The summed E-state index contributed by atoms with van der Waals surface area (Å²) in [4.78, 5) is 13.5. The Morgan fingerprint density at radius 3 is 2.61 bits per heavy atom. The van der Waals surface area contributed by atoms with Gasteiger partial charge >= 0.3 is 0 Å². The van der Waals surface area contributed by atoms with Gasteiger partial charge in [-0.2, -0.15) is 0 Å². The Kier molecular flexibility index (Phi) is 4.15. The number of likely N-dealkylation sites (tertiary alicyclic amines) is 1. The Balaban J connectivity index is 1.88. The highest BCUT2D eigenvalue weighted by Gasteiger charge is 2.28. The minimum atomic E-state index is 0.0271. The molecule has 96 valence electrons. The molecule has 1 aromatic rings. The minimum absolute atomic E-state index is 0.0271. The predicted octanol–water partition coefficient (Wildman–Crippen LogP) is 1.71. The van der Waals surface area contributed by atoms with E-state index in [9.17, 15) is 4.79 Å². The first-order valence-electron chi connectivity index (χ1n) is 6.39. The van der Waals surface area contributed by atoms with Gasteiger partial charge in [-0.3, -0.25) is 4.79 Å². The second-order valence-electron chi connectivity index (χ2n) is 4.72. The highest BCUT2D eigenvalue weighted by atomic mass is 16.3. The largest absolute Gasteiger partial charge is 0.396 e. The molecule has 0 aromatic heterocycles. The summed E-state index contributed by atoms with van der Waals surface area (Å²) in [5, 5.41) is 8.89. The number of amides is 1. The van der Waals surface area contributed by atoms with Crippen molar-refractivity contribution in [1.82, 2.24) is 4.90 Å². The third-order valence-corrected chi connectivity index (χ3v) is 3.33. The molecule has 0 saturated carbocycles. The lowest BCUT2D eigenvalue weighted by atomic mass is 10.0. The number of benzene rings is 1. The van der Waals surface area contributed by atoms with Gasteiger partial charge in [0.1, 0.15) is 0 Å². The second kappa shape index (κ2) is 5.83. The third-order valence-electron chi connectivity index (χ3n) is 3.33. The van der Waals surface area contributed by atoms with E-state index in [0.29, 0.717) is 13.1 Å². The van der Waals surface area contributed by atoms with Gasteiger partial charge in [0.15, 0.2) is 0 Å². The summed E-state index contributed by atoms with van der Waals surface area (Å²) in [6, 6.07) is 8.20. The van der Waals surface area contributed by atoms with Crippen molar-refractivity contribution in [3.05, 3.63) is 41.5 Å². The number of hydrogen-bond acceptors (Lipinski definition) is 2. The monoisotopic (exact) mass is 245 g/mol. The molecule has 0 bridgehead atoms. The van der Waals surface area contributed by atoms with E-state index in [4.69, 9.17) is 5.11 Å². The smallest absolute Gasteiger partial charge is 0.246 e. The Hall–Kier alpha value is -1.61. The number of aliphatic hydroxyl groups excluding tert-OH is 1. The number of aliphatic hydroxyl groups is 1. The lowest BCUT2D eigenvalue weighted by Gasteiger charge is -2.37. The molecule has 2 rings (SSSR count). The van der Waals surface area contributed by atoms with Crippen LogP contribution in [0.4, 0.5) is 0 Å². The van der Waals surface area contributed by atoms with Gasteiger partial charge in [0.05, 0.1) is 0 Å². The van der Waals surface area contributed by atoms with Crippen molar-refractivity contribution in [2.24, 2.45) is 5.92 Å². The van der Waals surface area contributed by atoms with Crippen LogP contribution in [0.3, 0.4) is 0 Å². The maximum absolute atomic E-state index is 11.7. The standard InChI is InChI=1S/C15H19NO2/c1-2-12-3-5-13(6-4-12)7-8-15(18)16-9-14(10-16)11-17/h3-8,14,17H,2,9-11H2,1H3. The normalized spacial score (nSPS) is 16.0. The summed E-state index contributed by atoms with van der Waals surface area (Å²) in [5.41, 5.74) is 2.34. The van der Waals surface area contributed by atoms with Crippen LogP contribution in [0.1, 0.15) is 18.1 Å². The van der Waals surface area contributed by atoms with Crippen molar-refractivity contribution < 1.29 is 9.90 Å². The van der Waals surface area contributed by atoms with E-state index in [1.807, 2.05) is 18.2 Å². The molecule has 0 atom stereocenters. The molecule has 1 N–H and O–H groups in total. The fourth-order valence-electron chi connectivity index (χ4n) is 2.00. The summed E-state index contributed by atoms with van der Waals surface area (Å²) in [6.07, 6.45) is 4.47. The summed E-state index contributed by atoms with van der Waals surface area (Å²) in [5.74, 6) is 0.297. The maximum Gasteiger partial charge on any atom is 0.246 e. The van der Waals surface area contributed by atoms with Crippen LogP contribution in [-0.2, 0) is 11.2 Å². The molecule has 1 aromatic carbocycles. The van der Waals surface area contributed by atoms with Gasteiger partial charge in [-0.25, -0.2) is 0 Å². The number of aryl methyl sites for hydroxylation is 1. The van der Waals surface area contributed by atoms with Crippen molar-refractivity contribution >= 4 is 12.0 Å². The van der Waals surface area contributed by atoms with Crippen molar-refractivity contribution in [2.45, 2.75) is 13.3 Å². The van der Waals surface area contributed by atoms with Gasteiger partial charge in [-0.15, -0.1) is 0 Å². The van der Waals surface area contributed by atoms with Gasteiger partial charge in [-0.1, -0.05) is 31.2 Å². The lowest BCUT2D eigenvalue weighted by molar-refractivity contribution is -0.132. The first-order chi connectivity index (χ1) is 8.72. The molecule has 1 amide bonds. The molecule has 1 saturated heterocycles. The van der Waals surface area contributed by atoms with Gasteiger partial charge in [0.25, 0.3) is 0 Å². The minimum Gasteiger partial charge on any atom is -0.396 e. The summed E-state index contributed by atoms with van der Waals surface area (Å²) < 4.78 is 0. The number of rotatable bonds is 4. The highest BCUT2D eigenvalue weighted by Crippen LogP contribution is 2.15. The van der Waals surface area contributed by atoms with E-state index in [1.165, 1.54) is 5.56 Å². The van der Waals surface area contributed by atoms with E-state index in [-0.39, 0.29) is 18.4 Å². The fourth-order valence-corrected chi connectivity index (χ4v) is 2.00. The first kappa shape index (κ1) is 12.8. The second-order valence-corrected chi connectivity index (χ2v) is 4.72. The molecular formula is C15H19NO2. The van der Waals surface area contributed by atoms with E-state index >= 15 is 0 Å². The molecule has 0 radical (unpaired) electrons. The first-order valence-corrected chi connectivity index (χ1v) is 6.39. The predicted molar refractivity (Wildman–Crippen MR) is 72.0 cm³/mol. The van der Waals surface area contributed by atoms with Crippen LogP contribution in [0.5, 0.6) is 0 Å². The van der Waals surface area contributed by atoms with E-state index in [1.54, 1.807) is 11.0 Å². The molecule has 0 aliphatic carbocycles. The average Bonchev–Trinajstić information content (AvgIpc) is 2.36. The van der Waals surface area contributed by atoms with Crippen LogP contribution < -0.4 is 0 Å². The van der Waals surface area contributed by atoms with Crippen LogP contribution in [0.25, 0.3) is 6.08 Å². The zero-order valence-corrected chi connectivity index (χ0v) is 10.7. The lowest BCUT2D eigenvalue weighted by Crippen LogP contribution is -2.50. The van der Waals surface area contributed by atoms with Crippen LogP contribution in [0.15, 0.2) is 30.3 Å². The molecule has 1 aliphatic heterocycles.